The molecule has 2 heterocycles. The number of aromatic nitrogens is 2. The highest BCUT2D eigenvalue weighted by molar-refractivity contribution is 14.0. The van der Waals surface area contributed by atoms with Crippen molar-refractivity contribution in [2.24, 2.45) is 12.0 Å². The third kappa shape index (κ3) is 6.33. The number of guanidine groups is 1. The third-order valence-electron chi connectivity index (χ3n) is 5.22. The van der Waals surface area contributed by atoms with Crippen molar-refractivity contribution in [3.63, 3.8) is 0 Å². The van der Waals surface area contributed by atoms with Crippen molar-refractivity contribution in [2.45, 2.75) is 25.4 Å². The van der Waals surface area contributed by atoms with E-state index in [1.54, 1.807) is 7.11 Å². The van der Waals surface area contributed by atoms with Gasteiger partial charge in [-0.15, -0.1) is 24.0 Å². The lowest BCUT2D eigenvalue weighted by molar-refractivity contribution is -0.00802. The van der Waals surface area contributed by atoms with E-state index in [1.807, 2.05) is 43.3 Å². The summed E-state index contributed by atoms with van der Waals surface area (Å²) in [6.45, 7) is 5.42. The quantitative estimate of drug-likeness (QED) is 0.365. The molecule has 1 aliphatic heterocycles. The van der Waals surface area contributed by atoms with Gasteiger partial charge in [0.2, 0.25) is 0 Å². The Morgan fingerprint density at radius 3 is 2.76 bits per heavy atom. The maximum Gasteiger partial charge on any atom is 0.193 e. The summed E-state index contributed by atoms with van der Waals surface area (Å²) in [6.07, 6.45) is 4.95. The molecule has 7 nitrogen and oxygen atoms in total. The van der Waals surface area contributed by atoms with Crippen LogP contribution in [0.2, 0.25) is 0 Å². The van der Waals surface area contributed by atoms with Crippen LogP contribution in [0.1, 0.15) is 36.5 Å². The van der Waals surface area contributed by atoms with Gasteiger partial charge in [-0.3, -0.25) is 9.67 Å². The zero-order valence-electron chi connectivity index (χ0n) is 17.7. The largest absolute Gasteiger partial charge is 0.497 e. The minimum atomic E-state index is 0. The van der Waals surface area contributed by atoms with Crippen LogP contribution < -0.4 is 10.1 Å². The van der Waals surface area contributed by atoms with Crippen molar-refractivity contribution < 1.29 is 9.47 Å². The highest BCUT2D eigenvalue weighted by Gasteiger charge is 2.25. The summed E-state index contributed by atoms with van der Waals surface area (Å²) in [5.41, 5.74) is 2.43. The molecule has 29 heavy (non-hydrogen) atoms. The lowest BCUT2D eigenvalue weighted by Crippen LogP contribution is -2.48. The highest BCUT2D eigenvalue weighted by Crippen LogP contribution is 2.23. The molecule has 2 atom stereocenters. The van der Waals surface area contributed by atoms with Crippen LogP contribution in [0.4, 0.5) is 0 Å². The van der Waals surface area contributed by atoms with Gasteiger partial charge in [-0.05, 0) is 30.0 Å². The van der Waals surface area contributed by atoms with Gasteiger partial charge in [0.1, 0.15) is 11.9 Å². The number of benzene rings is 1. The molecule has 0 saturated carbocycles. The van der Waals surface area contributed by atoms with Crippen LogP contribution >= 0.6 is 24.0 Å². The van der Waals surface area contributed by atoms with Gasteiger partial charge in [-0.1, -0.05) is 19.1 Å². The number of rotatable bonds is 6. The smallest absolute Gasteiger partial charge is 0.193 e. The number of nitrogens with zero attached hydrogens (tertiary/aromatic N) is 4. The fraction of sp³-hybridized carbons (Fsp3) is 0.524. The van der Waals surface area contributed by atoms with Crippen molar-refractivity contribution in [3.05, 3.63) is 47.8 Å². The molecule has 0 bridgehead atoms. The molecule has 1 aliphatic rings. The summed E-state index contributed by atoms with van der Waals surface area (Å²) in [7, 11) is 5.46. The molecule has 1 aromatic heterocycles. The average Bonchev–Trinajstić information content (AvgIpc) is 3.17. The summed E-state index contributed by atoms with van der Waals surface area (Å²) in [6, 6.07) is 8.31. The number of hydrogen-bond acceptors (Lipinski definition) is 4. The van der Waals surface area contributed by atoms with Gasteiger partial charge in [0.15, 0.2) is 5.96 Å². The number of aryl methyl sites for hydroxylation is 1. The molecule has 0 spiro atoms. The van der Waals surface area contributed by atoms with E-state index in [9.17, 15) is 0 Å². The van der Waals surface area contributed by atoms with Gasteiger partial charge in [0.05, 0.1) is 26.5 Å². The monoisotopic (exact) mass is 513 g/mol. The van der Waals surface area contributed by atoms with Crippen LogP contribution in [0, 0.1) is 0 Å². The van der Waals surface area contributed by atoms with Gasteiger partial charge >= 0.3 is 0 Å². The van der Waals surface area contributed by atoms with E-state index >= 15 is 0 Å². The second-order valence-corrected chi connectivity index (χ2v) is 7.19. The Morgan fingerprint density at radius 1 is 1.38 bits per heavy atom. The Bertz CT molecular complexity index is 778. The van der Waals surface area contributed by atoms with E-state index in [4.69, 9.17) is 9.47 Å². The van der Waals surface area contributed by atoms with Crippen molar-refractivity contribution in [3.8, 4) is 5.75 Å². The molecule has 1 aromatic carbocycles. The first-order chi connectivity index (χ1) is 13.6. The lowest BCUT2D eigenvalue weighted by Gasteiger charge is -2.34. The number of methoxy groups -OCH3 is 1. The minimum absolute atomic E-state index is 0. The number of ether oxygens (including phenoxy) is 2. The molecule has 8 heteroatoms. The van der Waals surface area contributed by atoms with E-state index in [0.29, 0.717) is 12.5 Å². The van der Waals surface area contributed by atoms with Gasteiger partial charge < -0.3 is 19.7 Å². The first-order valence-corrected chi connectivity index (χ1v) is 9.80. The molecular weight excluding hydrogens is 481 g/mol. The van der Waals surface area contributed by atoms with E-state index in [-0.39, 0.29) is 30.1 Å². The Morgan fingerprint density at radius 2 is 2.14 bits per heavy atom. The van der Waals surface area contributed by atoms with E-state index < -0.39 is 0 Å². The maximum atomic E-state index is 5.93. The fourth-order valence-electron chi connectivity index (χ4n) is 3.48. The van der Waals surface area contributed by atoms with Crippen LogP contribution in [0.15, 0.2) is 41.7 Å². The van der Waals surface area contributed by atoms with Crippen LogP contribution in [0.5, 0.6) is 5.75 Å². The number of morpholine rings is 1. The number of hydrogen-bond donors (Lipinski definition) is 1. The first kappa shape index (κ1) is 23.5. The van der Waals surface area contributed by atoms with Gasteiger partial charge in [-0.25, -0.2) is 0 Å². The number of halogens is 1. The summed E-state index contributed by atoms with van der Waals surface area (Å²) in [5, 5.41) is 7.77. The second kappa shape index (κ2) is 11.4. The normalized spacial score (nSPS) is 18.1. The number of nitrogens with one attached hydrogen (secondary N) is 1. The van der Waals surface area contributed by atoms with Crippen LogP contribution in [0.25, 0.3) is 0 Å². The summed E-state index contributed by atoms with van der Waals surface area (Å²) >= 11 is 0. The molecule has 1 fully saturated rings. The Hall–Kier alpha value is -1.81. The van der Waals surface area contributed by atoms with Gasteiger partial charge in [-0.2, -0.15) is 5.10 Å². The second-order valence-electron chi connectivity index (χ2n) is 7.19. The Kier molecular flexibility index (Phi) is 9.22. The van der Waals surface area contributed by atoms with E-state index in [2.05, 4.69) is 39.4 Å². The topological polar surface area (TPSA) is 63.9 Å². The Balaban J connectivity index is 0.00000300. The third-order valence-corrected chi connectivity index (χ3v) is 5.22. The zero-order chi connectivity index (χ0) is 19.9. The van der Waals surface area contributed by atoms with E-state index in [1.165, 1.54) is 5.56 Å². The van der Waals surface area contributed by atoms with Crippen LogP contribution in [-0.2, 0) is 11.8 Å². The van der Waals surface area contributed by atoms with Crippen LogP contribution in [0.3, 0.4) is 0 Å². The standard InChI is InChI=1S/C21H31N5O2.HI/c1-16(17-5-7-19(27-4)8-6-17)9-10-23-21(22-2)26-11-12-28-20(15-26)18-13-24-25(3)14-18;/h5-8,13-14,16,20H,9-12,15H2,1-4H3,(H,22,23);1H. The summed E-state index contributed by atoms with van der Waals surface area (Å²) in [5.74, 6) is 2.29. The lowest BCUT2D eigenvalue weighted by atomic mass is 9.98. The molecule has 3 rings (SSSR count). The molecule has 0 aliphatic carbocycles. The summed E-state index contributed by atoms with van der Waals surface area (Å²) in [4.78, 5) is 6.74. The molecule has 0 amide bonds. The molecular formula is C21H32IN5O2. The van der Waals surface area contributed by atoms with Gasteiger partial charge in [0.25, 0.3) is 0 Å². The highest BCUT2D eigenvalue weighted by atomic mass is 127. The van der Waals surface area contributed by atoms with Crippen molar-refractivity contribution in [1.82, 2.24) is 20.0 Å². The van der Waals surface area contributed by atoms with E-state index in [0.717, 1.165) is 43.3 Å². The molecule has 2 unspecified atom stereocenters. The first-order valence-electron chi connectivity index (χ1n) is 9.80. The van der Waals surface area contributed by atoms with Crippen molar-refractivity contribution in [2.75, 3.05) is 40.4 Å². The zero-order valence-corrected chi connectivity index (χ0v) is 20.0. The predicted molar refractivity (Wildman–Crippen MR) is 126 cm³/mol. The number of aliphatic imine (C=N–C) groups is 1. The van der Waals surface area contributed by atoms with Crippen molar-refractivity contribution >= 4 is 29.9 Å². The SMILES string of the molecule is CN=C(NCCC(C)c1ccc(OC)cc1)N1CCOC(c2cnn(C)c2)C1.I. The minimum Gasteiger partial charge on any atom is -0.497 e. The molecule has 160 valence electrons. The van der Waals surface area contributed by atoms with Crippen LogP contribution in [-0.4, -0.2) is 61.0 Å². The van der Waals surface area contributed by atoms with Gasteiger partial charge in [0, 0.05) is 38.9 Å². The molecule has 2 aromatic rings. The van der Waals surface area contributed by atoms with Crippen molar-refractivity contribution in [1.29, 1.82) is 0 Å². The predicted octanol–water partition coefficient (Wildman–Crippen LogP) is 3.19. The summed E-state index contributed by atoms with van der Waals surface area (Å²) < 4.78 is 13.0. The molecule has 1 saturated heterocycles. The average molecular weight is 513 g/mol. The molecule has 0 radical (unpaired) electrons. The molecule has 1 N–H and O–H groups in total. The fourth-order valence-corrected chi connectivity index (χ4v) is 3.48. The Labute approximate surface area is 190 Å². The maximum absolute atomic E-state index is 5.93.